The van der Waals surface area contributed by atoms with Crippen LogP contribution in [0.2, 0.25) is 5.02 Å². The zero-order valence-electron chi connectivity index (χ0n) is 13.8. The molecule has 0 bridgehead atoms. The van der Waals surface area contributed by atoms with Gasteiger partial charge in [-0.15, -0.1) is 11.3 Å². The van der Waals surface area contributed by atoms with Gasteiger partial charge in [0.2, 0.25) is 0 Å². The van der Waals surface area contributed by atoms with Crippen molar-refractivity contribution in [1.82, 2.24) is 9.13 Å². The van der Waals surface area contributed by atoms with Crippen LogP contribution < -0.4 is 11.2 Å². The standard InChI is InChI=1S/C17H13ClN2O5S/c1-19-14(22)11-7-13(26-15(11)20(2)17(19)24)16(23)25-8-12(21)9-3-5-10(18)6-4-9/h3-7H,8H2,1-2H3. The number of halogens is 1. The second-order valence-electron chi connectivity index (χ2n) is 5.54. The van der Waals surface area contributed by atoms with Crippen molar-refractivity contribution in [1.29, 1.82) is 0 Å². The monoisotopic (exact) mass is 392 g/mol. The maximum absolute atomic E-state index is 12.2. The van der Waals surface area contributed by atoms with E-state index in [1.54, 1.807) is 12.1 Å². The molecule has 0 aliphatic rings. The van der Waals surface area contributed by atoms with Gasteiger partial charge >= 0.3 is 11.7 Å². The summed E-state index contributed by atoms with van der Waals surface area (Å²) in [6.45, 7) is -0.439. The van der Waals surface area contributed by atoms with Gasteiger partial charge in [0.05, 0.1) is 5.39 Å². The minimum atomic E-state index is -0.733. The van der Waals surface area contributed by atoms with Gasteiger partial charge in [-0.1, -0.05) is 11.6 Å². The van der Waals surface area contributed by atoms with Gasteiger partial charge in [-0.3, -0.25) is 18.7 Å². The Bertz CT molecular complexity index is 1140. The van der Waals surface area contributed by atoms with E-state index in [1.807, 2.05) is 0 Å². The number of nitrogens with zero attached hydrogens (tertiary/aromatic N) is 2. The van der Waals surface area contributed by atoms with E-state index in [-0.39, 0.29) is 16.0 Å². The minimum Gasteiger partial charge on any atom is -0.453 e. The third kappa shape index (κ3) is 3.21. The highest BCUT2D eigenvalue weighted by Gasteiger charge is 2.18. The molecule has 26 heavy (non-hydrogen) atoms. The molecule has 134 valence electrons. The largest absolute Gasteiger partial charge is 0.453 e. The van der Waals surface area contributed by atoms with E-state index in [0.717, 1.165) is 15.9 Å². The number of fused-ring (bicyclic) bond motifs is 1. The lowest BCUT2D eigenvalue weighted by atomic mass is 10.1. The zero-order chi connectivity index (χ0) is 19.0. The molecule has 0 atom stereocenters. The second-order valence-corrected chi connectivity index (χ2v) is 7.01. The van der Waals surface area contributed by atoms with Crippen molar-refractivity contribution in [3.8, 4) is 0 Å². The van der Waals surface area contributed by atoms with Gasteiger partial charge in [-0.25, -0.2) is 9.59 Å². The van der Waals surface area contributed by atoms with Gasteiger partial charge in [-0.05, 0) is 30.3 Å². The number of aromatic nitrogens is 2. The summed E-state index contributed by atoms with van der Waals surface area (Å²) in [5.41, 5.74) is -0.604. The number of ether oxygens (including phenoxy) is 1. The van der Waals surface area contributed by atoms with Gasteiger partial charge < -0.3 is 4.74 Å². The molecule has 2 heterocycles. The van der Waals surface area contributed by atoms with Gasteiger partial charge in [0.15, 0.2) is 12.4 Å². The Labute approximate surface area is 156 Å². The fourth-order valence-corrected chi connectivity index (χ4v) is 3.51. The van der Waals surface area contributed by atoms with Crippen molar-refractivity contribution in [2.24, 2.45) is 14.1 Å². The van der Waals surface area contributed by atoms with Crippen LogP contribution in [0.5, 0.6) is 0 Å². The first-order chi connectivity index (χ1) is 12.3. The lowest BCUT2D eigenvalue weighted by Crippen LogP contribution is -2.36. The van der Waals surface area contributed by atoms with Gasteiger partial charge in [-0.2, -0.15) is 0 Å². The van der Waals surface area contributed by atoms with Crippen molar-refractivity contribution in [3.63, 3.8) is 0 Å². The summed E-state index contributed by atoms with van der Waals surface area (Å²) in [5, 5.41) is 0.742. The van der Waals surface area contributed by atoms with Gasteiger partial charge in [0.1, 0.15) is 9.71 Å². The Morgan fingerprint density at radius 3 is 2.42 bits per heavy atom. The first-order valence-electron chi connectivity index (χ1n) is 7.45. The van der Waals surface area contributed by atoms with Crippen molar-refractivity contribution in [2.45, 2.75) is 0 Å². The molecule has 0 saturated carbocycles. The zero-order valence-corrected chi connectivity index (χ0v) is 15.4. The Morgan fingerprint density at radius 1 is 1.12 bits per heavy atom. The third-order valence-electron chi connectivity index (χ3n) is 3.83. The number of benzene rings is 1. The predicted molar refractivity (Wildman–Crippen MR) is 98.4 cm³/mol. The van der Waals surface area contributed by atoms with Crippen LogP contribution in [0.4, 0.5) is 0 Å². The number of ketones is 1. The summed E-state index contributed by atoms with van der Waals surface area (Å²) in [4.78, 5) is 48.9. The number of hydrogen-bond acceptors (Lipinski definition) is 6. The van der Waals surface area contributed by atoms with Crippen LogP contribution in [0.25, 0.3) is 10.2 Å². The van der Waals surface area contributed by atoms with Crippen molar-refractivity contribution in [3.05, 3.63) is 66.6 Å². The molecule has 0 fully saturated rings. The highest BCUT2D eigenvalue weighted by molar-refractivity contribution is 7.20. The number of hydrogen-bond donors (Lipinski definition) is 0. The van der Waals surface area contributed by atoms with E-state index in [9.17, 15) is 19.2 Å². The number of Topliss-reactive ketones (excluding diaryl/α,β-unsaturated/α-hetero) is 1. The summed E-state index contributed by atoms with van der Waals surface area (Å²) in [6, 6.07) is 7.59. The van der Waals surface area contributed by atoms with Crippen LogP contribution in [-0.4, -0.2) is 27.5 Å². The quantitative estimate of drug-likeness (QED) is 0.500. The van der Waals surface area contributed by atoms with E-state index in [4.69, 9.17) is 16.3 Å². The van der Waals surface area contributed by atoms with Crippen molar-refractivity contribution < 1.29 is 14.3 Å². The first kappa shape index (κ1) is 18.1. The molecule has 0 saturated heterocycles. The average molecular weight is 393 g/mol. The van der Waals surface area contributed by atoms with E-state index in [2.05, 4.69) is 0 Å². The number of esters is 1. The van der Waals surface area contributed by atoms with Gasteiger partial charge in [0, 0.05) is 24.7 Å². The van der Waals surface area contributed by atoms with E-state index in [1.165, 1.54) is 36.9 Å². The summed E-state index contributed by atoms with van der Waals surface area (Å²) in [7, 11) is 2.88. The smallest absolute Gasteiger partial charge is 0.348 e. The molecule has 3 rings (SSSR count). The minimum absolute atomic E-state index is 0.141. The Hall–Kier alpha value is -2.71. The van der Waals surface area contributed by atoms with Crippen LogP contribution in [-0.2, 0) is 18.8 Å². The molecule has 0 amide bonds. The fourth-order valence-electron chi connectivity index (χ4n) is 2.39. The van der Waals surface area contributed by atoms with Crippen LogP contribution >= 0.6 is 22.9 Å². The molecule has 1 aromatic carbocycles. The highest BCUT2D eigenvalue weighted by Crippen LogP contribution is 2.22. The lowest BCUT2D eigenvalue weighted by Gasteiger charge is -2.03. The molecule has 0 N–H and O–H groups in total. The highest BCUT2D eigenvalue weighted by atomic mass is 35.5. The SMILES string of the molecule is Cn1c(=O)c2cc(C(=O)OCC(=O)c3ccc(Cl)cc3)sc2n(C)c1=O. The summed E-state index contributed by atoms with van der Waals surface area (Å²) in [6.07, 6.45) is 0. The molecule has 0 unspecified atom stereocenters. The summed E-state index contributed by atoms with van der Waals surface area (Å²) < 4.78 is 7.29. The Kier molecular flexibility index (Phi) is 4.80. The van der Waals surface area contributed by atoms with Gasteiger partial charge in [0.25, 0.3) is 5.56 Å². The third-order valence-corrected chi connectivity index (χ3v) is 5.27. The number of thiophene rings is 1. The number of aryl methyl sites for hydroxylation is 1. The molecular weight excluding hydrogens is 380 g/mol. The van der Waals surface area contributed by atoms with Crippen molar-refractivity contribution >= 4 is 44.9 Å². The molecular formula is C17H13ClN2O5S. The molecule has 0 aliphatic heterocycles. The van der Waals surface area contributed by atoms with E-state index >= 15 is 0 Å². The molecule has 0 aliphatic carbocycles. The molecule has 3 aromatic rings. The fraction of sp³-hybridized carbons (Fsp3) is 0.176. The molecule has 0 spiro atoms. The van der Waals surface area contributed by atoms with Crippen LogP contribution in [0.1, 0.15) is 20.0 Å². The van der Waals surface area contributed by atoms with Crippen LogP contribution in [0.3, 0.4) is 0 Å². The Balaban J connectivity index is 1.82. The van der Waals surface area contributed by atoms with E-state index in [0.29, 0.717) is 15.4 Å². The molecule has 2 aromatic heterocycles. The number of rotatable bonds is 4. The van der Waals surface area contributed by atoms with Crippen LogP contribution in [0.15, 0.2) is 39.9 Å². The number of carbonyl (C=O) groups excluding carboxylic acids is 2. The average Bonchev–Trinajstić information content (AvgIpc) is 3.08. The van der Waals surface area contributed by atoms with Crippen LogP contribution in [0, 0.1) is 0 Å². The van der Waals surface area contributed by atoms with E-state index < -0.39 is 23.8 Å². The normalized spacial score (nSPS) is 10.9. The maximum atomic E-state index is 12.2. The predicted octanol–water partition coefficient (Wildman–Crippen LogP) is 1.99. The Morgan fingerprint density at radius 2 is 1.77 bits per heavy atom. The lowest BCUT2D eigenvalue weighted by molar-refractivity contribution is 0.0479. The topological polar surface area (TPSA) is 87.4 Å². The maximum Gasteiger partial charge on any atom is 0.348 e. The summed E-state index contributed by atoms with van der Waals surface area (Å²) in [5.74, 6) is -1.11. The second kappa shape index (κ2) is 6.89. The number of carbonyl (C=O) groups is 2. The molecule has 0 radical (unpaired) electrons. The first-order valence-corrected chi connectivity index (χ1v) is 8.64. The molecule has 7 nitrogen and oxygen atoms in total. The molecule has 9 heteroatoms. The van der Waals surface area contributed by atoms with Crippen molar-refractivity contribution in [2.75, 3.05) is 6.61 Å². The summed E-state index contributed by atoms with van der Waals surface area (Å²) >= 11 is 6.73.